The molecule has 0 unspecified atom stereocenters. The Balaban J connectivity index is 1.62. The number of nitrogens with zero attached hydrogens (tertiary/aromatic N) is 4. The number of carbonyl (C=O) groups is 1. The zero-order valence-electron chi connectivity index (χ0n) is 14.3. The number of aromatic nitrogens is 4. The standard InChI is InChI=1S/C17H21N5OS/c1-10(2)16-19-20-17-22(16)21-15(24-17)8-7-14(23)18-13-6-5-11(3)12(4)9-13/h5-6,9-10H,7-8H2,1-4H3,(H,18,23). The zero-order valence-corrected chi connectivity index (χ0v) is 15.1. The molecule has 0 aliphatic carbocycles. The predicted octanol–water partition coefficient (Wildman–Crippen LogP) is 3.50. The van der Waals surface area contributed by atoms with Crippen LogP contribution in [-0.2, 0) is 11.2 Å². The van der Waals surface area contributed by atoms with Crippen LogP contribution in [-0.4, -0.2) is 25.7 Å². The number of hydrogen-bond donors (Lipinski definition) is 1. The fourth-order valence-corrected chi connectivity index (χ4v) is 3.24. The minimum atomic E-state index is -0.00620. The number of benzene rings is 1. The number of fused-ring (bicyclic) bond motifs is 1. The van der Waals surface area contributed by atoms with E-state index < -0.39 is 0 Å². The lowest BCUT2D eigenvalue weighted by Gasteiger charge is -2.07. The zero-order chi connectivity index (χ0) is 17.3. The quantitative estimate of drug-likeness (QED) is 0.769. The van der Waals surface area contributed by atoms with Crippen molar-refractivity contribution in [2.45, 2.75) is 46.5 Å². The Labute approximate surface area is 144 Å². The lowest BCUT2D eigenvalue weighted by Crippen LogP contribution is -2.12. The van der Waals surface area contributed by atoms with Crippen molar-refractivity contribution in [3.05, 3.63) is 40.2 Å². The van der Waals surface area contributed by atoms with Gasteiger partial charge in [0.05, 0.1) is 0 Å². The molecule has 0 saturated carbocycles. The number of aryl methyl sites for hydroxylation is 3. The summed E-state index contributed by atoms with van der Waals surface area (Å²) in [5.74, 6) is 1.11. The normalized spacial score (nSPS) is 11.4. The summed E-state index contributed by atoms with van der Waals surface area (Å²) in [6, 6.07) is 5.94. The molecular formula is C17H21N5OS. The van der Waals surface area contributed by atoms with Crippen molar-refractivity contribution in [1.29, 1.82) is 0 Å². The lowest BCUT2D eigenvalue weighted by molar-refractivity contribution is -0.116. The van der Waals surface area contributed by atoms with E-state index in [0.29, 0.717) is 12.8 Å². The second-order valence-corrected chi connectivity index (χ2v) is 7.29. The molecule has 0 saturated heterocycles. The highest BCUT2D eigenvalue weighted by molar-refractivity contribution is 7.16. The molecule has 6 nitrogen and oxygen atoms in total. The van der Waals surface area contributed by atoms with E-state index in [1.807, 2.05) is 25.1 Å². The van der Waals surface area contributed by atoms with Gasteiger partial charge in [-0.3, -0.25) is 4.79 Å². The molecular weight excluding hydrogens is 322 g/mol. The molecule has 0 spiro atoms. The van der Waals surface area contributed by atoms with E-state index in [1.54, 1.807) is 4.52 Å². The Hall–Kier alpha value is -2.28. The minimum Gasteiger partial charge on any atom is -0.326 e. The van der Waals surface area contributed by atoms with Gasteiger partial charge in [0.2, 0.25) is 10.9 Å². The third-order valence-electron chi connectivity index (χ3n) is 3.93. The molecule has 0 aliphatic heterocycles. The van der Waals surface area contributed by atoms with Gasteiger partial charge in [-0.25, -0.2) is 0 Å². The summed E-state index contributed by atoms with van der Waals surface area (Å²) in [5.41, 5.74) is 3.22. The maximum absolute atomic E-state index is 12.1. The van der Waals surface area contributed by atoms with E-state index in [9.17, 15) is 4.79 Å². The van der Waals surface area contributed by atoms with Crippen molar-refractivity contribution in [2.75, 3.05) is 5.32 Å². The highest BCUT2D eigenvalue weighted by atomic mass is 32.1. The molecule has 0 aliphatic rings. The maximum atomic E-state index is 12.1. The fourth-order valence-electron chi connectivity index (χ4n) is 2.40. The van der Waals surface area contributed by atoms with E-state index in [4.69, 9.17) is 0 Å². The van der Waals surface area contributed by atoms with Crippen LogP contribution in [0.4, 0.5) is 5.69 Å². The number of hydrogen-bond acceptors (Lipinski definition) is 5. The summed E-state index contributed by atoms with van der Waals surface area (Å²) in [6.07, 6.45) is 0.996. The highest BCUT2D eigenvalue weighted by Gasteiger charge is 2.15. The molecule has 126 valence electrons. The molecule has 0 atom stereocenters. The molecule has 0 fully saturated rings. The maximum Gasteiger partial charge on any atom is 0.234 e. The van der Waals surface area contributed by atoms with Crippen molar-refractivity contribution in [3.8, 4) is 0 Å². The van der Waals surface area contributed by atoms with E-state index in [1.165, 1.54) is 22.5 Å². The molecule has 0 radical (unpaired) electrons. The van der Waals surface area contributed by atoms with Crippen LogP contribution in [0.2, 0.25) is 0 Å². The van der Waals surface area contributed by atoms with Crippen molar-refractivity contribution in [2.24, 2.45) is 0 Å². The van der Waals surface area contributed by atoms with Crippen LogP contribution < -0.4 is 5.32 Å². The number of anilines is 1. The molecule has 1 aromatic carbocycles. The van der Waals surface area contributed by atoms with Crippen molar-refractivity contribution in [3.63, 3.8) is 0 Å². The van der Waals surface area contributed by atoms with Gasteiger partial charge in [-0.2, -0.15) is 9.61 Å². The summed E-state index contributed by atoms with van der Waals surface area (Å²) in [7, 11) is 0. The van der Waals surface area contributed by atoms with Gasteiger partial charge in [0.15, 0.2) is 5.82 Å². The van der Waals surface area contributed by atoms with E-state index in [-0.39, 0.29) is 11.8 Å². The van der Waals surface area contributed by atoms with Crippen LogP contribution in [0.15, 0.2) is 18.2 Å². The van der Waals surface area contributed by atoms with Crippen LogP contribution >= 0.6 is 11.3 Å². The fraction of sp³-hybridized carbons (Fsp3) is 0.412. The first-order valence-electron chi connectivity index (χ1n) is 8.02. The van der Waals surface area contributed by atoms with Crippen LogP contribution in [0.1, 0.15) is 48.1 Å². The van der Waals surface area contributed by atoms with Gasteiger partial charge in [0, 0.05) is 24.4 Å². The topological polar surface area (TPSA) is 72.2 Å². The van der Waals surface area contributed by atoms with Gasteiger partial charge in [0.1, 0.15) is 5.01 Å². The molecule has 2 aromatic heterocycles. The van der Waals surface area contributed by atoms with Crippen LogP contribution in [0.5, 0.6) is 0 Å². The van der Waals surface area contributed by atoms with Crippen molar-refractivity contribution < 1.29 is 4.79 Å². The number of rotatable bonds is 5. The van der Waals surface area contributed by atoms with Crippen LogP contribution in [0, 0.1) is 13.8 Å². The molecule has 24 heavy (non-hydrogen) atoms. The third kappa shape index (κ3) is 3.46. The minimum absolute atomic E-state index is 0.00620. The van der Waals surface area contributed by atoms with Gasteiger partial charge in [0.25, 0.3) is 0 Å². The molecule has 7 heteroatoms. The third-order valence-corrected chi connectivity index (χ3v) is 4.89. The van der Waals surface area contributed by atoms with Gasteiger partial charge in [-0.15, -0.1) is 10.2 Å². The van der Waals surface area contributed by atoms with Crippen molar-refractivity contribution >= 4 is 27.9 Å². The molecule has 3 aromatic rings. The Morgan fingerprint density at radius 2 is 2.04 bits per heavy atom. The van der Waals surface area contributed by atoms with Gasteiger partial charge in [-0.05, 0) is 37.1 Å². The lowest BCUT2D eigenvalue weighted by atomic mass is 10.1. The number of amides is 1. The first kappa shape index (κ1) is 16.6. The smallest absolute Gasteiger partial charge is 0.234 e. The summed E-state index contributed by atoms with van der Waals surface area (Å²) >= 11 is 1.49. The second-order valence-electron chi connectivity index (χ2n) is 6.25. The average molecular weight is 343 g/mol. The molecule has 1 amide bonds. The van der Waals surface area contributed by atoms with E-state index >= 15 is 0 Å². The molecule has 3 rings (SSSR count). The number of nitrogens with one attached hydrogen (secondary N) is 1. The SMILES string of the molecule is Cc1ccc(NC(=O)CCc2nn3c(C(C)C)nnc3s2)cc1C. The summed E-state index contributed by atoms with van der Waals surface area (Å²) < 4.78 is 1.78. The first-order chi connectivity index (χ1) is 11.4. The molecule has 2 heterocycles. The summed E-state index contributed by atoms with van der Waals surface area (Å²) in [6.45, 7) is 8.22. The molecule has 0 bridgehead atoms. The Kier molecular flexibility index (Phi) is 4.62. The highest BCUT2D eigenvalue weighted by Crippen LogP contribution is 2.20. The monoisotopic (exact) mass is 343 g/mol. The van der Waals surface area contributed by atoms with Crippen LogP contribution in [0.3, 0.4) is 0 Å². The van der Waals surface area contributed by atoms with Gasteiger partial charge in [-0.1, -0.05) is 31.3 Å². The second kappa shape index (κ2) is 6.68. The van der Waals surface area contributed by atoms with Gasteiger partial charge < -0.3 is 5.32 Å². The largest absolute Gasteiger partial charge is 0.326 e. The Bertz CT molecular complexity index is 880. The van der Waals surface area contributed by atoms with E-state index in [2.05, 4.69) is 41.4 Å². The van der Waals surface area contributed by atoms with Gasteiger partial charge >= 0.3 is 0 Å². The summed E-state index contributed by atoms with van der Waals surface area (Å²) in [4.78, 5) is 12.9. The van der Waals surface area contributed by atoms with Crippen molar-refractivity contribution in [1.82, 2.24) is 19.8 Å². The Morgan fingerprint density at radius 3 is 2.75 bits per heavy atom. The molecule has 1 N–H and O–H groups in total. The number of carbonyl (C=O) groups excluding carboxylic acids is 1. The van der Waals surface area contributed by atoms with Crippen LogP contribution in [0.25, 0.3) is 4.96 Å². The predicted molar refractivity (Wildman–Crippen MR) is 95.6 cm³/mol. The Morgan fingerprint density at radius 1 is 1.25 bits per heavy atom. The van der Waals surface area contributed by atoms with E-state index in [0.717, 1.165) is 21.5 Å². The summed E-state index contributed by atoms with van der Waals surface area (Å²) in [5, 5.41) is 16.7. The average Bonchev–Trinajstić information content (AvgIpc) is 3.08. The first-order valence-corrected chi connectivity index (χ1v) is 8.84.